The van der Waals surface area contributed by atoms with Crippen molar-refractivity contribution in [2.45, 2.75) is 12.8 Å². The molecule has 2 aromatic heterocycles. The maximum atomic E-state index is 12.7. The van der Waals surface area contributed by atoms with Gasteiger partial charge < -0.3 is 10.0 Å². The number of hydrogen-bond donors (Lipinski definition) is 1. The van der Waals surface area contributed by atoms with E-state index in [1.165, 1.54) is 22.7 Å². The molecule has 1 aliphatic heterocycles. The van der Waals surface area contributed by atoms with Gasteiger partial charge in [-0.2, -0.15) is 0 Å². The molecule has 2 fully saturated rings. The molecule has 0 spiro atoms. The Kier molecular flexibility index (Phi) is 4.10. The van der Waals surface area contributed by atoms with Gasteiger partial charge in [0.15, 0.2) is 0 Å². The Balaban J connectivity index is 1.52. The Morgan fingerprint density at radius 3 is 2.71 bits per heavy atom. The summed E-state index contributed by atoms with van der Waals surface area (Å²) in [5, 5.41) is 11.9. The predicted octanol–water partition coefficient (Wildman–Crippen LogP) is 3.71. The highest BCUT2D eigenvalue weighted by Crippen LogP contribution is 2.44. The van der Waals surface area contributed by atoms with Crippen molar-refractivity contribution in [3.05, 3.63) is 27.5 Å². The number of amides is 1. The van der Waals surface area contributed by atoms with Crippen LogP contribution in [0, 0.1) is 17.8 Å². The standard InChI is InChI=1S/C16H15ClN2O3S2/c17-13-4-3-12(24-13)14-18-11(7-23-14)15(20)19-5-9(8-1-2-8)10(6-19)16(21)22/h3-4,7-10H,1-2,5-6H2,(H,21,22)/t9-,10+/m1/s1. The second-order valence-electron chi connectivity index (χ2n) is 6.30. The second kappa shape index (κ2) is 6.13. The van der Waals surface area contributed by atoms with Crippen molar-refractivity contribution in [1.82, 2.24) is 9.88 Å². The van der Waals surface area contributed by atoms with Crippen LogP contribution < -0.4 is 0 Å². The first-order chi connectivity index (χ1) is 11.5. The van der Waals surface area contributed by atoms with E-state index in [-0.39, 0.29) is 18.4 Å². The van der Waals surface area contributed by atoms with Crippen LogP contribution in [-0.2, 0) is 4.79 Å². The number of carboxylic acids is 1. The van der Waals surface area contributed by atoms with Crippen LogP contribution in [0.2, 0.25) is 4.34 Å². The maximum Gasteiger partial charge on any atom is 0.308 e. The van der Waals surface area contributed by atoms with Crippen molar-refractivity contribution in [2.75, 3.05) is 13.1 Å². The van der Waals surface area contributed by atoms with E-state index in [0.29, 0.717) is 22.5 Å². The van der Waals surface area contributed by atoms with Gasteiger partial charge in [-0.1, -0.05) is 11.6 Å². The van der Waals surface area contributed by atoms with E-state index in [0.717, 1.165) is 22.7 Å². The molecule has 1 amide bonds. The van der Waals surface area contributed by atoms with Crippen molar-refractivity contribution in [2.24, 2.45) is 17.8 Å². The number of carbonyl (C=O) groups is 2. The average Bonchev–Trinajstić information content (AvgIpc) is 2.99. The zero-order chi connectivity index (χ0) is 16.8. The lowest BCUT2D eigenvalue weighted by Crippen LogP contribution is -2.30. The number of carboxylic acid groups (broad SMARTS) is 1. The molecule has 5 nitrogen and oxygen atoms in total. The van der Waals surface area contributed by atoms with Gasteiger partial charge in [-0.3, -0.25) is 9.59 Å². The molecule has 126 valence electrons. The first-order valence-electron chi connectivity index (χ1n) is 7.76. The first kappa shape index (κ1) is 16.1. The minimum atomic E-state index is -0.797. The maximum absolute atomic E-state index is 12.7. The summed E-state index contributed by atoms with van der Waals surface area (Å²) >= 11 is 8.78. The summed E-state index contributed by atoms with van der Waals surface area (Å²) in [7, 11) is 0. The first-order valence-corrected chi connectivity index (χ1v) is 9.83. The zero-order valence-corrected chi connectivity index (χ0v) is 15.0. The number of aliphatic carboxylic acids is 1. The summed E-state index contributed by atoms with van der Waals surface area (Å²) in [4.78, 5) is 31.2. The van der Waals surface area contributed by atoms with Crippen molar-refractivity contribution in [3.8, 4) is 9.88 Å². The van der Waals surface area contributed by atoms with Crippen LogP contribution in [0.15, 0.2) is 17.5 Å². The third-order valence-corrected chi connectivity index (χ3v) is 6.95. The van der Waals surface area contributed by atoms with E-state index in [1.54, 1.807) is 10.3 Å². The normalized spacial score (nSPS) is 23.6. The Labute approximate surface area is 151 Å². The molecule has 2 aromatic rings. The molecule has 1 aliphatic carbocycles. The number of halogens is 1. The van der Waals surface area contributed by atoms with Crippen molar-refractivity contribution in [3.63, 3.8) is 0 Å². The SMILES string of the molecule is O=C(O)[C@H]1CN(C(=O)c2csc(-c3ccc(Cl)s3)n2)C[C@@H]1C1CC1. The third kappa shape index (κ3) is 2.96. The number of likely N-dealkylation sites (tertiary alicyclic amines) is 1. The largest absolute Gasteiger partial charge is 0.481 e. The van der Waals surface area contributed by atoms with Crippen LogP contribution in [0.1, 0.15) is 23.3 Å². The van der Waals surface area contributed by atoms with Gasteiger partial charge in [0, 0.05) is 18.5 Å². The number of rotatable bonds is 4. The zero-order valence-electron chi connectivity index (χ0n) is 12.6. The lowest BCUT2D eigenvalue weighted by Gasteiger charge is -2.14. The number of thiazole rings is 1. The summed E-state index contributed by atoms with van der Waals surface area (Å²) in [6.45, 7) is 0.811. The van der Waals surface area contributed by atoms with Crippen LogP contribution in [0.4, 0.5) is 0 Å². The molecule has 8 heteroatoms. The minimum Gasteiger partial charge on any atom is -0.481 e. The summed E-state index contributed by atoms with van der Waals surface area (Å²) in [5.74, 6) is -0.872. The molecule has 4 rings (SSSR count). The van der Waals surface area contributed by atoms with Crippen LogP contribution >= 0.6 is 34.3 Å². The average molecular weight is 383 g/mol. The van der Waals surface area contributed by atoms with E-state index in [1.807, 2.05) is 12.1 Å². The summed E-state index contributed by atoms with van der Waals surface area (Å²) in [6.07, 6.45) is 2.16. The van der Waals surface area contributed by atoms with Gasteiger partial charge in [0.2, 0.25) is 0 Å². The summed E-state index contributed by atoms with van der Waals surface area (Å²) < 4.78 is 0.684. The summed E-state index contributed by atoms with van der Waals surface area (Å²) in [5.41, 5.74) is 0.389. The lowest BCUT2D eigenvalue weighted by atomic mass is 9.92. The van der Waals surface area contributed by atoms with Crippen LogP contribution in [0.25, 0.3) is 9.88 Å². The highest BCUT2D eigenvalue weighted by molar-refractivity contribution is 7.23. The van der Waals surface area contributed by atoms with Crippen LogP contribution in [0.5, 0.6) is 0 Å². The topological polar surface area (TPSA) is 70.5 Å². The number of carbonyl (C=O) groups excluding carboxylic acids is 1. The van der Waals surface area contributed by atoms with Gasteiger partial charge in [0.05, 0.1) is 15.1 Å². The molecule has 0 radical (unpaired) electrons. The summed E-state index contributed by atoms with van der Waals surface area (Å²) in [6, 6.07) is 3.70. The van der Waals surface area contributed by atoms with Crippen molar-refractivity contribution >= 4 is 46.2 Å². The van der Waals surface area contributed by atoms with E-state index in [4.69, 9.17) is 11.6 Å². The smallest absolute Gasteiger partial charge is 0.308 e. The molecule has 2 aliphatic rings. The predicted molar refractivity (Wildman–Crippen MR) is 93.7 cm³/mol. The monoisotopic (exact) mass is 382 g/mol. The second-order valence-corrected chi connectivity index (χ2v) is 8.87. The van der Waals surface area contributed by atoms with E-state index in [9.17, 15) is 14.7 Å². The number of hydrogen-bond acceptors (Lipinski definition) is 5. The fourth-order valence-corrected chi connectivity index (χ4v) is 5.24. The molecule has 0 unspecified atom stereocenters. The van der Waals surface area contributed by atoms with Gasteiger partial charge in [-0.15, -0.1) is 22.7 Å². The molecule has 2 atom stereocenters. The third-order valence-electron chi connectivity index (χ3n) is 4.70. The Bertz CT molecular complexity index is 799. The minimum absolute atomic E-state index is 0.0839. The van der Waals surface area contributed by atoms with E-state index in [2.05, 4.69) is 4.98 Å². The molecule has 0 aromatic carbocycles. The highest BCUT2D eigenvalue weighted by Gasteiger charge is 2.47. The molecular weight excluding hydrogens is 368 g/mol. The molecule has 3 heterocycles. The van der Waals surface area contributed by atoms with E-state index >= 15 is 0 Å². The van der Waals surface area contributed by atoms with Crippen LogP contribution in [-0.4, -0.2) is 40.0 Å². The fraction of sp³-hybridized carbons (Fsp3) is 0.438. The van der Waals surface area contributed by atoms with Crippen LogP contribution in [0.3, 0.4) is 0 Å². The fourth-order valence-electron chi connectivity index (χ4n) is 3.33. The van der Waals surface area contributed by atoms with Gasteiger partial charge in [-0.25, -0.2) is 4.98 Å². The number of aromatic nitrogens is 1. The molecule has 24 heavy (non-hydrogen) atoms. The van der Waals surface area contributed by atoms with Gasteiger partial charge >= 0.3 is 5.97 Å². The van der Waals surface area contributed by atoms with Crippen molar-refractivity contribution < 1.29 is 14.7 Å². The highest BCUT2D eigenvalue weighted by atomic mass is 35.5. The Morgan fingerprint density at radius 2 is 2.08 bits per heavy atom. The Hall–Kier alpha value is -1.44. The van der Waals surface area contributed by atoms with E-state index < -0.39 is 11.9 Å². The molecular formula is C16H15ClN2O3S2. The molecule has 1 N–H and O–H groups in total. The quantitative estimate of drug-likeness (QED) is 0.875. The molecule has 1 saturated heterocycles. The van der Waals surface area contributed by atoms with Gasteiger partial charge in [0.25, 0.3) is 5.91 Å². The van der Waals surface area contributed by atoms with Crippen molar-refractivity contribution in [1.29, 1.82) is 0 Å². The van der Waals surface area contributed by atoms with Gasteiger partial charge in [-0.05, 0) is 36.8 Å². The van der Waals surface area contributed by atoms with Gasteiger partial charge in [0.1, 0.15) is 10.7 Å². The lowest BCUT2D eigenvalue weighted by molar-refractivity contribution is -0.142. The Morgan fingerprint density at radius 1 is 1.29 bits per heavy atom. The number of thiophene rings is 1. The molecule has 0 bridgehead atoms. The molecule has 1 saturated carbocycles. The number of nitrogens with zero attached hydrogens (tertiary/aromatic N) is 2.